The Bertz CT molecular complexity index is 912. The summed E-state index contributed by atoms with van der Waals surface area (Å²) < 4.78 is 16.3. The number of rotatable bonds is 2. The number of hydrogen-bond acceptors (Lipinski definition) is 7. The van der Waals surface area contributed by atoms with E-state index >= 15 is 0 Å². The van der Waals surface area contributed by atoms with E-state index in [-0.39, 0.29) is 13.1 Å². The first-order chi connectivity index (χ1) is 14.4. The monoisotopic (exact) mass is 428 g/mol. The summed E-state index contributed by atoms with van der Waals surface area (Å²) in [4.78, 5) is 40.0. The number of esters is 2. The molecule has 0 aliphatic carbocycles. The summed E-state index contributed by atoms with van der Waals surface area (Å²) in [5.41, 5.74) is -0.496. The van der Waals surface area contributed by atoms with Crippen LogP contribution in [-0.4, -0.2) is 47.4 Å². The lowest BCUT2D eigenvalue weighted by Gasteiger charge is -2.47. The van der Waals surface area contributed by atoms with Gasteiger partial charge in [-0.15, -0.1) is 0 Å². The van der Waals surface area contributed by atoms with Crippen molar-refractivity contribution < 1.29 is 28.6 Å². The second-order valence-electron chi connectivity index (χ2n) is 9.49. The molecule has 0 radical (unpaired) electrons. The van der Waals surface area contributed by atoms with E-state index in [2.05, 4.69) is 6.07 Å². The van der Waals surface area contributed by atoms with Crippen LogP contribution in [0.15, 0.2) is 24.3 Å². The number of benzene rings is 1. The van der Waals surface area contributed by atoms with Crippen molar-refractivity contribution in [3.8, 4) is 6.07 Å². The van der Waals surface area contributed by atoms with E-state index in [4.69, 9.17) is 14.2 Å². The van der Waals surface area contributed by atoms with Crippen LogP contribution in [0, 0.1) is 17.2 Å². The zero-order valence-corrected chi connectivity index (χ0v) is 18.6. The van der Waals surface area contributed by atoms with E-state index in [9.17, 15) is 19.6 Å². The Morgan fingerprint density at radius 3 is 2.26 bits per heavy atom. The molecule has 0 aromatic heterocycles. The van der Waals surface area contributed by atoms with Gasteiger partial charge in [0, 0.05) is 32.4 Å². The molecular formula is C23H28N2O6. The van der Waals surface area contributed by atoms with Gasteiger partial charge >= 0.3 is 18.0 Å². The molecule has 31 heavy (non-hydrogen) atoms. The van der Waals surface area contributed by atoms with Gasteiger partial charge in [-0.1, -0.05) is 12.1 Å². The summed E-state index contributed by atoms with van der Waals surface area (Å²) in [6.07, 6.45) is 0.189. The van der Waals surface area contributed by atoms with Crippen molar-refractivity contribution >= 4 is 18.0 Å². The minimum Gasteiger partial charge on any atom is -0.444 e. The molecule has 1 aromatic carbocycles. The van der Waals surface area contributed by atoms with Crippen LogP contribution in [-0.2, 0) is 29.2 Å². The molecule has 0 unspecified atom stereocenters. The Balaban J connectivity index is 1.96. The second kappa shape index (κ2) is 7.88. The summed E-state index contributed by atoms with van der Waals surface area (Å²) in [7, 11) is 0. The number of ether oxygens (including phenoxy) is 3. The Kier molecular flexibility index (Phi) is 5.74. The van der Waals surface area contributed by atoms with Crippen molar-refractivity contribution in [1.29, 1.82) is 5.26 Å². The molecule has 0 atom stereocenters. The molecule has 1 aromatic rings. The quantitative estimate of drug-likeness (QED) is 0.526. The standard InChI is InChI=1S/C23H28N2O6/c1-21(2,3)31-20(28)25-11-9-23(10-12-25,16-8-6-7-15(13-16)14-24)17-18(26)29-22(4,5)30-19(17)27/h6-8,13,17H,9-12H2,1-5H3. The lowest BCUT2D eigenvalue weighted by molar-refractivity contribution is -0.244. The van der Waals surface area contributed by atoms with Crippen LogP contribution in [0.1, 0.15) is 58.6 Å². The van der Waals surface area contributed by atoms with Gasteiger partial charge in [0.1, 0.15) is 5.60 Å². The molecule has 2 aliphatic heterocycles. The Morgan fingerprint density at radius 1 is 1.16 bits per heavy atom. The van der Waals surface area contributed by atoms with Gasteiger partial charge in [0.2, 0.25) is 0 Å². The van der Waals surface area contributed by atoms with E-state index < -0.39 is 40.8 Å². The van der Waals surface area contributed by atoms with Crippen molar-refractivity contribution in [1.82, 2.24) is 4.90 Å². The summed E-state index contributed by atoms with van der Waals surface area (Å²) in [5, 5.41) is 9.35. The number of amides is 1. The van der Waals surface area contributed by atoms with E-state index in [1.54, 1.807) is 49.9 Å². The fraction of sp³-hybridized carbons (Fsp3) is 0.565. The topological polar surface area (TPSA) is 106 Å². The maximum Gasteiger partial charge on any atom is 0.410 e. The molecule has 0 N–H and O–H groups in total. The predicted molar refractivity (Wildman–Crippen MR) is 110 cm³/mol. The van der Waals surface area contributed by atoms with Crippen LogP contribution in [0.3, 0.4) is 0 Å². The number of likely N-dealkylation sites (tertiary alicyclic amines) is 1. The zero-order valence-electron chi connectivity index (χ0n) is 18.6. The third kappa shape index (κ3) is 4.66. The summed E-state index contributed by atoms with van der Waals surface area (Å²) in [5.74, 6) is -3.84. The van der Waals surface area contributed by atoms with Gasteiger partial charge in [0.05, 0.1) is 11.6 Å². The minimum atomic E-state index is -1.34. The van der Waals surface area contributed by atoms with Gasteiger partial charge in [-0.3, -0.25) is 9.59 Å². The van der Waals surface area contributed by atoms with E-state index in [1.165, 1.54) is 13.8 Å². The van der Waals surface area contributed by atoms with Gasteiger partial charge in [0.15, 0.2) is 5.92 Å². The zero-order chi connectivity index (χ0) is 23.0. The van der Waals surface area contributed by atoms with Crippen molar-refractivity contribution in [2.75, 3.05) is 13.1 Å². The molecule has 2 saturated heterocycles. The molecule has 8 nitrogen and oxygen atoms in total. The van der Waals surface area contributed by atoms with Gasteiger partial charge in [0.25, 0.3) is 5.79 Å². The number of carbonyl (C=O) groups is 3. The summed E-state index contributed by atoms with van der Waals surface area (Å²) >= 11 is 0. The lowest BCUT2D eigenvalue weighted by Crippen LogP contribution is -2.58. The number of piperidine rings is 1. The third-order valence-corrected chi connectivity index (χ3v) is 5.59. The molecule has 3 rings (SSSR count). The Labute approximate surface area is 182 Å². The van der Waals surface area contributed by atoms with Gasteiger partial charge in [-0.2, -0.15) is 5.26 Å². The van der Waals surface area contributed by atoms with Crippen molar-refractivity contribution in [3.63, 3.8) is 0 Å². The molecule has 166 valence electrons. The first-order valence-corrected chi connectivity index (χ1v) is 10.3. The van der Waals surface area contributed by atoms with Crippen molar-refractivity contribution in [3.05, 3.63) is 35.4 Å². The van der Waals surface area contributed by atoms with Gasteiger partial charge < -0.3 is 19.1 Å². The van der Waals surface area contributed by atoms with Crippen LogP contribution in [0.2, 0.25) is 0 Å². The number of carbonyl (C=O) groups excluding carboxylic acids is 3. The molecular weight excluding hydrogens is 400 g/mol. The fourth-order valence-corrected chi connectivity index (χ4v) is 4.23. The van der Waals surface area contributed by atoms with E-state index in [1.807, 2.05) is 0 Å². The maximum absolute atomic E-state index is 13.0. The SMILES string of the molecule is CC(C)(C)OC(=O)N1CCC(c2cccc(C#N)c2)(C2C(=O)OC(C)(C)OC2=O)CC1. The highest BCUT2D eigenvalue weighted by molar-refractivity contribution is 5.98. The first-order valence-electron chi connectivity index (χ1n) is 10.3. The molecule has 0 spiro atoms. The van der Waals surface area contributed by atoms with Crippen LogP contribution in [0.5, 0.6) is 0 Å². The maximum atomic E-state index is 13.0. The van der Waals surface area contributed by atoms with Gasteiger partial charge in [-0.25, -0.2) is 4.79 Å². The molecule has 2 heterocycles. The van der Waals surface area contributed by atoms with Crippen LogP contribution in [0.4, 0.5) is 4.79 Å². The number of nitrogens with zero attached hydrogens (tertiary/aromatic N) is 2. The molecule has 2 fully saturated rings. The highest BCUT2D eigenvalue weighted by Gasteiger charge is 2.56. The first kappa shape index (κ1) is 22.6. The number of hydrogen-bond donors (Lipinski definition) is 0. The van der Waals surface area contributed by atoms with E-state index in [0.717, 1.165) is 0 Å². The average Bonchev–Trinajstić information content (AvgIpc) is 2.65. The Morgan fingerprint density at radius 2 is 1.74 bits per heavy atom. The molecule has 0 saturated carbocycles. The smallest absolute Gasteiger partial charge is 0.410 e. The highest BCUT2D eigenvalue weighted by Crippen LogP contribution is 2.46. The number of nitriles is 1. The largest absolute Gasteiger partial charge is 0.444 e. The molecule has 8 heteroatoms. The Hall–Kier alpha value is -3.08. The summed E-state index contributed by atoms with van der Waals surface area (Å²) in [6.45, 7) is 8.96. The number of cyclic esters (lactones) is 2. The van der Waals surface area contributed by atoms with Crippen LogP contribution >= 0.6 is 0 Å². The lowest BCUT2D eigenvalue weighted by atomic mass is 9.63. The molecule has 1 amide bonds. The fourth-order valence-electron chi connectivity index (χ4n) is 4.23. The normalized spacial score (nSPS) is 21.0. The predicted octanol–water partition coefficient (Wildman–Crippen LogP) is 3.28. The average molecular weight is 428 g/mol. The van der Waals surface area contributed by atoms with Crippen molar-refractivity contribution in [2.45, 2.75) is 64.3 Å². The molecule has 0 bridgehead atoms. The summed E-state index contributed by atoms with van der Waals surface area (Å²) in [6, 6.07) is 8.96. The highest BCUT2D eigenvalue weighted by atomic mass is 16.7. The minimum absolute atomic E-state index is 0.284. The van der Waals surface area contributed by atoms with Crippen LogP contribution in [0.25, 0.3) is 0 Å². The second-order valence-corrected chi connectivity index (χ2v) is 9.49. The van der Waals surface area contributed by atoms with Crippen molar-refractivity contribution in [2.24, 2.45) is 5.92 Å². The van der Waals surface area contributed by atoms with E-state index in [0.29, 0.717) is 24.0 Å². The molecule has 2 aliphatic rings. The van der Waals surface area contributed by atoms with Crippen LogP contribution < -0.4 is 0 Å². The van der Waals surface area contributed by atoms with Gasteiger partial charge in [-0.05, 0) is 51.3 Å². The third-order valence-electron chi connectivity index (χ3n) is 5.59.